The summed E-state index contributed by atoms with van der Waals surface area (Å²) < 4.78 is 16.9. The second kappa shape index (κ2) is 9.88. The van der Waals surface area contributed by atoms with Crippen molar-refractivity contribution >= 4 is 6.01 Å². The van der Waals surface area contributed by atoms with Gasteiger partial charge in [0.05, 0.1) is 19.9 Å². The van der Waals surface area contributed by atoms with Crippen molar-refractivity contribution in [2.75, 3.05) is 32.1 Å². The van der Waals surface area contributed by atoms with Crippen LogP contribution in [0.1, 0.15) is 30.9 Å². The SMILES string of the molecule is CCOc1cc(CN2CCC(Nc3ncc(-c4ccc(OC)cc4)o3)CC2)ccc1C. The highest BCUT2D eigenvalue weighted by Crippen LogP contribution is 2.26. The fourth-order valence-electron chi connectivity index (χ4n) is 3.95. The van der Waals surface area contributed by atoms with E-state index in [4.69, 9.17) is 13.9 Å². The molecule has 0 atom stereocenters. The summed E-state index contributed by atoms with van der Waals surface area (Å²) >= 11 is 0. The first-order valence-electron chi connectivity index (χ1n) is 11.0. The fourth-order valence-corrected chi connectivity index (χ4v) is 3.95. The van der Waals surface area contributed by atoms with Gasteiger partial charge < -0.3 is 19.2 Å². The zero-order valence-electron chi connectivity index (χ0n) is 18.6. The molecular weight excluding hydrogens is 390 g/mol. The van der Waals surface area contributed by atoms with Gasteiger partial charge in [0, 0.05) is 31.2 Å². The Balaban J connectivity index is 1.28. The summed E-state index contributed by atoms with van der Waals surface area (Å²) in [7, 11) is 1.66. The Bertz CT molecular complexity index is 976. The number of likely N-dealkylation sites (tertiary alicyclic amines) is 1. The quantitative estimate of drug-likeness (QED) is 0.544. The molecule has 0 radical (unpaired) electrons. The number of anilines is 1. The summed E-state index contributed by atoms with van der Waals surface area (Å²) in [6.07, 6.45) is 3.89. The molecule has 0 saturated carbocycles. The molecule has 6 heteroatoms. The molecule has 1 aromatic heterocycles. The van der Waals surface area contributed by atoms with Gasteiger partial charge in [0.25, 0.3) is 6.01 Å². The zero-order valence-corrected chi connectivity index (χ0v) is 18.6. The highest BCUT2D eigenvalue weighted by atomic mass is 16.5. The molecule has 0 aliphatic carbocycles. The molecule has 6 nitrogen and oxygen atoms in total. The van der Waals surface area contributed by atoms with Crippen LogP contribution in [-0.2, 0) is 6.54 Å². The number of oxazole rings is 1. The van der Waals surface area contributed by atoms with Crippen LogP contribution in [0.2, 0.25) is 0 Å². The maximum absolute atomic E-state index is 5.93. The lowest BCUT2D eigenvalue weighted by molar-refractivity contribution is 0.210. The average molecular weight is 422 g/mol. The first kappa shape index (κ1) is 21.2. The molecule has 2 aromatic carbocycles. The van der Waals surface area contributed by atoms with E-state index in [1.807, 2.05) is 31.2 Å². The number of hydrogen-bond donors (Lipinski definition) is 1. The van der Waals surface area contributed by atoms with Gasteiger partial charge in [0.15, 0.2) is 5.76 Å². The molecule has 0 amide bonds. The number of benzene rings is 2. The van der Waals surface area contributed by atoms with Crippen LogP contribution in [0, 0.1) is 6.92 Å². The third-order valence-electron chi connectivity index (χ3n) is 5.75. The van der Waals surface area contributed by atoms with Crippen molar-refractivity contribution in [2.45, 2.75) is 39.3 Å². The van der Waals surface area contributed by atoms with Gasteiger partial charge in [-0.15, -0.1) is 0 Å². The average Bonchev–Trinajstić information content (AvgIpc) is 3.26. The highest BCUT2D eigenvalue weighted by molar-refractivity contribution is 5.58. The van der Waals surface area contributed by atoms with Gasteiger partial charge in [-0.05, 0) is 68.1 Å². The van der Waals surface area contributed by atoms with Crippen molar-refractivity contribution in [3.8, 4) is 22.8 Å². The van der Waals surface area contributed by atoms with Crippen LogP contribution in [-0.4, -0.2) is 42.7 Å². The molecule has 0 bridgehead atoms. The van der Waals surface area contributed by atoms with Gasteiger partial charge in [0.1, 0.15) is 11.5 Å². The Morgan fingerprint density at radius 3 is 2.61 bits per heavy atom. The second-order valence-electron chi connectivity index (χ2n) is 7.99. The normalized spacial score (nSPS) is 15.1. The molecule has 1 aliphatic heterocycles. The van der Waals surface area contributed by atoms with Crippen LogP contribution >= 0.6 is 0 Å². The van der Waals surface area contributed by atoms with Crippen molar-refractivity contribution in [1.29, 1.82) is 0 Å². The van der Waals surface area contributed by atoms with Crippen LogP contribution in [0.25, 0.3) is 11.3 Å². The molecular formula is C25H31N3O3. The predicted molar refractivity (Wildman–Crippen MR) is 123 cm³/mol. The number of piperidine rings is 1. The maximum atomic E-state index is 5.93. The van der Waals surface area contributed by atoms with E-state index in [2.05, 4.69) is 40.3 Å². The van der Waals surface area contributed by atoms with Gasteiger partial charge in [-0.1, -0.05) is 12.1 Å². The number of nitrogens with one attached hydrogen (secondary N) is 1. The lowest BCUT2D eigenvalue weighted by Crippen LogP contribution is -2.38. The minimum Gasteiger partial charge on any atom is -0.497 e. The largest absolute Gasteiger partial charge is 0.497 e. The summed E-state index contributed by atoms with van der Waals surface area (Å²) in [5.74, 6) is 2.58. The van der Waals surface area contributed by atoms with Crippen LogP contribution in [0.5, 0.6) is 11.5 Å². The third-order valence-corrected chi connectivity index (χ3v) is 5.75. The van der Waals surface area contributed by atoms with E-state index in [0.29, 0.717) is 18.7 Å². The van der Waals surface area contributed by atoms with E-state index in [9.17, 15) is 0 Å². The molecule has 164 valence electrons. The van der Waals surface area contributed by atoms with E-state index < -0.39 is 0 Å². The molecule has 2 heterocycles. The van der Waals surface area contributed by atoms with Crippen LogP contribution in [0.3, 0.4) is 0 Å². The molecule has 1 saturated heterocycles. The minimum absolute atomic E-state index is 0.371. The van der Waals surface area contributed by atoms with E-state index in [1.54, 1.807) is 13.3 Å². The van der Waals surface area contributed by atoms with Crippen molar-refractivity contribution in [1.82, 2.24) is 9.88 Å². The van der Waals surface area contributed by atoms with Crippen LogP contribution < -0.4 is 14.8 Å². The number of aryl methyl sites for hydroxylation is 1. The number of methoxy groups -OCH3 is 1. The topological polar surface area (TPSA) is 59.8 Å². The lowest BCUT2D eigenvalue weighted by atomic mass is 10.0. The van der Waals surface area contributed by atoms with E-state index in [-0.39, 0.29) is 0 Å². The van der Waals surface area contributed by atoms with Crippen molar-refractivity contribution in [3.05, 3.63) is 59.8 Å². The number of aromatic nitrogens is 1. The van der Waals surface area contributed by atoms with Gasteiger partial charge >= 0.3 is 0 Å². The Hall–Kier alpha value is -2.99. The number of ether oxygens (including phenoxy) is 2. The van der Waals surface area contributed by atoms with Gasteiger partial charge in [-0.25, -0.2) is 4.98 Å². The fraction of sp³-hybridized carbons (Fsp3) is 0.400. The minimum atomic E-state index is 0.371. The van der Waals surface area contributed by atoms with Gasteiger partial charge in [-0.2, -0.15) is 0 Å². The molecule has 1 fully saturated rings. The Kier molecular flexibility index (Phi) is 6.77. The summed E-state index contributed by atoms with van der Waals surface area (Å²) in [5, 5.41) is 3.46. The summed E-state index contributed by atoms with van der Waals surface area (Å²) in [5.41, 5.74) is 3.48. The monoisotopic (exact) mass is 421 g/mol. The molecule has 0 spiro atoms. The Morgan fingerprint density at radius 1 is 1.13 bits per heavy atom. The van der Waals surface area contributed by atoms with Gasteiger partial charge in [-0.3, -0.25) is 4.90 Å². The molecule has 3 aromatic rings. The number of nitrogens with zero attached hydrogens (tertiary/aromatic N) is 2. The smallest absolute Gasteiger partial charge is 0.295 e. The highest BCUT2D eigenvalue weighted by Gasteiger charge is 2.21. The van der Waals surface area contributed by atoms with Crippen molar-refractivity contribution < 1.29 is 13.9 Å². The van der Waals surface area contributed by atoms with Crippen LogP contribution in [0.4, 0.5) is 6.01 Å². The molecule has 1 N–H and O–H groups in total. The van der Waals surface area contributed by atoms with Crippen LogP contribution in [0.15, 0.2) is 53.1 Å². The standard InChI is InChI=1S/C25H31N3O3/c1-4-30-23-15-19(6-5-18(23)2)17-28-13-11-21(12-14-28)27-25-26-16-24(31-25)20-7-9-22(29-3)10-8-20/h5-10,15-16,21H,4,11-14,17H2,1-3H3,(H,26,27). The first-order valence-corrected chi connectivity index (χ1v) is 11.0. The van der Waals surface area contributed by atoms with Crippen molar-refractivity contribution in [2.24, 2.45) is 0 Å². The van der Waals surface area contributed by atoms with E-state index in [1.165, 1.54) is 11.1 Å². The molecule has 0 unspecified atom stereocenters. The maximum Gasteiger partial charge on any atom is 0.295 e. The number of rotatable bonds is 8. The number of hydrogen-bond acceptors (Lipinski definition) is 6. The molecule has 4 rings (SSSR count). The summed E-state index contributed by atoms with van der Waals surface area (Å²) in [6.45, 7) is 7.85. The van der Waals surface area contributed by atoms with E-state index in [0.717, 1.165) is 55.3 Å². The zero-order chi connectivity index (χ0) is 21.6. The lowest BCUT2D eigenvalue weighted by Gasteiger charge is -2.32. The molecule has 1 aliphatic rings. The van der Waals surface area contributed by atoms with E-state index >= 15 is 0 Å². The predicted octanol–water partition coefficient (Wildman–Crippen LogP) is 5.13. The summed E-state index contributed by atoms with van der Waals surface area (Å²) in [6, 6.07) is 15.3. The summed E-state index contributed by atoms with van der Waals surface area (Å²) in [4.78, 5) is 6.91. The second-order valence-corrected chi connectivity index (χ2v) is 7.99. The Morgan fingerprint density at radius 2 is 1.90 bits per heavy atom. The molecule has 31 heavy (non-hydrogen) atoms. The van der Waals surface area contributed by atoms with Gasteiger partial charge in [0.2, 0.25) is 0 Å². The third kappa shape index (κ3) is 5.39. The van der Waals surface area contributed by atoms with Crippen molar-refractivity contribution in [3.63, 3.8) is 0 Å². The first-order chi connectivity index (χ1) is 15.1. The Labute approximate surface area is 184 Å².